The highest BCUT2D eigenvalue weighted by Crippen LogP contribution is 2.57. The Morgan fingerprint density at radius 3 is 2.38 bits per heavy atom. The van der Waals surface area contributed by atoms with Crippen LogP contribution in [0.3, 0.4) is 0 Å². The molecule has 0 bridgehead atoms. The average Bonchev–Trinajstić information content (AvgIpc) is 2.73. The molecule has 3 saturated carbocycles. The van der Waals surface area contributed by atoms with Gasteiger partial charge in [0.25, 0.3) is 0 Å². The number of halogens is 1. The number of carbonyl (C=O) groups is 1. The van der Waals surface area contributed by atoms with Crippen LogP contribution >= 0.6 is 11.6 Å². The molecule has 2 unspecified atom stereocenters. The molecule has 3 aliphatic rings. The molecule has 1 amide bonds. The first-order valence-electron chi connectivity index (χ1n) is 6.64. The molecular weight excluding hydrogens is 222 g/mol. The van der Waals surface area contributed by atoms with Crippen molar-refractivity contribution < 1.29 is 4.79 Å². The minimum atomic E-state index is -0.0600. The van der Waals surface area contributed by atoms with E-state index in [2.05, 4.69) is 5.32 Å². The van der Waals surface area contributed by atoms with Gasteiger partial charge in [-0.2, -0.15) is 0 Å². The first kappa shape index (κ1) is 10.9. The van der Waals surface area contributed by atoms with Crippen LogP contribution in [0.25, 0.3) is 0 Å². The zero-order valence-electron chi connectivity index (χ0n) is 9.68. The van der Waals surface area contributed by atoms with Gasteiger partial charge in [-0.25, -0.2) is 0 Å². The maximum Gasteiger partial charge on any atom is 0.224 e. The molecular formula is C13H20ClNO. The summed E-state index contributed by atoms with van der Waals surface area (Å²) in [5.74, 6) is 2.66. The molecule has 0 spiro atoms. The van der Waals surface area contributed by atoms with E-state index in [4.69, 9.17) is 11.6 Å². The van der Waals surface area contributed by atoms with Crippen molar-refractivity contribution in [3.05, 3.63) is 0 Å². The second kappa shape index (κ2) is 3.90. The highest BCUT2D eigenvalue weighted by Gasteiger charge is 2.57. The molecule has 3 aliphatic carbocycles. The Morgan fingerprint density at radius 1 is 1.19 bits per heavy atom. The number of fused-ring (bicyclic) bond motifs is 1. The monoisotopic (exact) mass is 241 g/mol. The third kappa shape index (κ3) is 1.66. The lowest BCUT2D eigenvalue weighted by Crippen LogP contribution is -2.48. The number of alkyl halides is 1. The number of hydrogen-bond acceptors (Lipinski definition) is 1. The van der Waals surface area contributed by atoms with Crippen molar-refractivity contribution in [2.75, 3.05) is 5.88 Å². The summed E-state index contributed by atoms with van der Waals surface area (Å²) in [5, 5.41) is 3.26. The first-order chi connectivity index (χ1) is 7.76. The summed E-state index contributed by atoms with van der Waals surface area (Å²) in [6.07, 6.45) is 8.46. The summed E-state index contributed by atoms with van der Waals surface area (Å²) >= 11 is 6.04. The molecule has 0 aromatic heterocycles. The van der Waals surface area contributed by atoms with Crippen molar-refractivity contribution in [1.82, 2.24) is 5.32 Å². The second-order valence-electron chi connectivity index (χ2n) is 5.89. The summed E-state index contributed by atoms with van der Waals surface area (Å²) in [4.78, 5) is 12.2. The molecule has 3 heteroatoms. The highest BCUT2D eigenvalue weighted by molar-refractivity contribution is 6.18. The van der Waals surface area contributed by atoms with E-state index in [9.17, 15) is 4.79 Å². The third-order valence-electron chi connectivity index (χ3n) is 4.91. The van der Waals surface area contributed by atoms with E-state index in [0.717, 1.165) is 12.8 Å². The van der Waals surface area contributed by atoms with Crippen LogP contribution in [0.5, 0.6) is 0 Å². The Hall–Kier alpha value is -0.240. The minimum Gasteiger partial charge on any atom is -0.349 e. The van der Waals surface area contributed by atoms with Crippen LogP contribution in [0.1, 0.15) is 44.9 Å². The topological polar surface area (TPSA) is 29.1 Å². The van der Waals surface area contributed by atoms with E-state index in [1.54, 1.807) is 0 Å². The molecule has 16 heavy (non-hydrogen) atoms. The zero-order valence-corrected chi connectivity index (χ0v) is 10.4. The fourth-order valence-corrected chi connectivity index (χ4v) is 4.23. The van der Waals surface area contributed by atoms with Crippen molar-refractivity contribution >= 4 is 17.5 Å². The summed E-state index contributed by atoms with van der Waals surface area (Å²) in [7, 11) is 0. The van der Waals surface area contributed by atoms with Crippen LogP contribution in [0.4, 0.5) is 0 Å². The van der Waals surface area contributed by atoms with Crippen LogP contribution < -0.4 is 5.32 Å². The minimum absolute atomic E-state index is 0.0600. The largest absolute Gasteiger partial charge is 0.349 e. The fourth-order valence-electron chi connectivity index (χ4n) is 3.90. The molecule has 90 valence electrons. The lowest BCUT2D eigenvalue weighted by atomic mass is 9.99. The zero-order chi connectivity index (χ0) is 11.2. The van der Waals surface area contributed by atoms with Gasteiger partial charge in [0.05, 0.1) is 5.54 Å². The maximum atomic E-state index is 12.2. The van der Waals surface area contributed by atoms with Crippen LogP contribution in [0, 0.1) is 17.8 Å². The average molecular weight is 242 g/mol. The van der Waals surface area contributed by atoms with Crippen LogP contribution in [-0.2, 0) is 4.79 Å². The van der Waals surface area contributed by atoms with Gasteiger partial charge in [-0.1, -0.05) is 19.3 Å². The smallest absolute Gasteiger partial charge is 0.224 e. The molecule has 3 fully saturated rings. The normalized spacial score (nSPS) is 39.4. The fraction of sp³-hybridized carbons (Fsp3) is 0.923. The van der Waals surface area contributed by atoms with Crippen LogP contribution in [-0.4, -0.2) is 17.3 Å². The Morgan fingerprint density at radius 2 is 1.81 bits per heavy atom. The summed E-state index contributed by atoms with van der Waals surface area (Å²) in [6.45, 7) is 0. The van der Waals surface area contributed by atoms with Crippen molar-refractivity contribution in [3.8, 4) is 0 Å². The number of hydrogen-bond donors (Lipinski definition) is 1. The molecule has 3 rings (SSSR count). The van der Waals surface area contributed by atoms with Crippen molar-refractivity contribution in [2.45, 2.75) is 50.5 Å². The van der Waals surface area contributed by atoms with Gasteiger partial charge in [-0.05, 0) is 37.5 Å². The molecule has 0 heterocycles. The van der Waals surface area contributed by atoms with Crippen molar-refractivity contribution in [2.24, 2.45) is 17.8 Å². The Balaban J connectivity index is 1.60. The molecule has 0 aliphatic heterocycles. The molecule has 1 N–H and O–H groups in total. The van der Waals surface area contributed by atoms with Gasteiger partial charge in [0.1, 0.15) is 0 Å². The third-order valence-corrected chi connectivity index (χ3v) is 5.43. The van der Waals surface area contributed by atoms with E-state index in [-0.39, 0.29) is 5.54 Å². The van der Waals surface area contributed by atoms with E-state index in [0.29, 0.717) is 29.5 Å². The number of rotatable bonds is 3. The van der Waals surface area contributed by atoms with Gasteiger partial charge in [0.2, 0.25) is 5.91 Å². The highest BCUT2D eigenvalue weighted by atomic mass is 35.5. The standard InChI is InChI=1S/C13H20ClNO/c14-8-13(6-1-2-7-13)15-12(16)11-9-4-3-5-10(9)11/h9-11H,1-8H2,(H,15,16). The summed E-state index contributed by atoms with van der Waals surface area (Å²) in [6, 6.07) is 0. The summed E-state index contributed by atoms with van der Waals surface area (Å²) in [5.41, 5.74) is -0.0600. The summed E-state index contributed by atoms with van der Waals surface area (Å²) < 4.78 is 0. The number of carbonyl (C=O) groups excluding carboxylic acids is 1. The Labute approximate surface area is 102 Å². The lowest BCUT2D eigenvalue weighted by molar-refractivity contribution is -0.124. The van der Waals surface area contributed by atoms with Crippen molar-refractivity contribution in [1.29, 1.82) is 0 Å². The van der Waals surface area contributed by atoms with E-state index in [1.807, 2.05) is 0 Å². The van der Waals surface area contributed by atoms with E-state index < -0.39 is 0 Å². The number of nitrogens with one attached hydrogen (secondary N) is 1. The molecule has 0 saturated heterocycles. The predicted molar refractivity (Wildman–Crippen MR) is 64.4 cm³/mol. The van der Waals surface area contributed by atoms with Gasteiger partial charge in [0, 0.05) is 11.8 Å². The van der Waals surface area contributed by atoms with Gasteiger partial charge in [-0.3, -0.25) is 4.79 Å². The van der Waals surface area contributed by atoms with Gasteiger partial charge in [0.15, 0.2) is 0 Å². The van der Waals surface area contributed by atoms with Crippen molar-refractivity contribution in [3.63, 3.8) is 0 Å². The lowest BCUT2D eigenvalue weighted by Gasteiger charge is -2.28. The van der Waals surface area contributed by atoms with Gasteiger partial charge >= 0.3 is 0 Å². The van der Waals surface area contributed by atoms with Crippen LogP contribution in [0.15, 0.2) is 0 Å². The molecule has 0 radical (unpaired) electrons. The SMILES string of the molecule is O=C(NC1(CCl)CCCC1)C1C2CCCC21. The second-order valence-corrected chi connectivity index (χ2v) is 6.16. The maximum absolute atomic E-state index is 12.2. The van der Waals surface area contributed by atoms with Gasteiger partial charge < -0.3 is 5.32 Å². The van der Waals surface area contributed by atoms with Gasteiger partial charge in [-0.15, -0.1) is 11.6 Å². The molecule has 2 atom stereocenters. The molecule has 0 aromatic carbocycles. The quantitative estimate of drug-likeness (QED) is 0.757. The number of amides is 1. The molecule has 2 nitrogen and oxygen atoms in total. The van der Waals surface area contributed by atoms with E-state index >= 15 is 0 Å². The first-order valence-corrected chi connectivity index (χ1v) is 7.17. The Kier molecular flexibility index (Phi) is 2.66. The molecule has 0 aromatic rings. The van der Waals surface area contributed by atoms with Crippen LogP contribution in [0.2, 0.25) is 0 Å². The Bertz CT molecular complexity index is 288. The van der Waals surface area contributed by atoms with E-state index in [1.165, 1.54) is 32.1 Å². The predicted octanol–water partition coefficient (Wildman–Crippen LogP) is 2.70.